The predicted octanol–water partition coefficient (Wildman–Crippen LogP) is 0.780. The van der Waals surface area contributed by atoms with Crippen molar-refractivity contribution in [2.45, 2.75) is 5.16 Å². The van der Waals surface area contributed by atoms with Gasteiger partial charge in [-0.1, -0.05) is 11.8 Å². The maximum atomic E-state index is 11.7. The number of rotatable bonds is 7. The Hall–Kier alpha value is -2.75. The van der Waals surface area contributed by atoms with Crippen molar-refractivity contribution in [2.75, 3.05) is 20.0 Å². The number of phenols is 1. The number of hydrazone groups is 1. The number of thioether (sulfide) groups is 1. The summed E-state index contributed by atoms with van der Waals surface area (Å²) in [6.45, 7) is 0. The SMILES string of the molecule is COc1cc(/C=N\NC(=O)CSc2nncn2C)cc(OC)c1O. The lowest BCUT2D eigenvalue weighted by Gasteiger charge is -2.09. The van der Waals surface area contributed by atoms with Gasteiger partial charge in [0.25, 0.3) is 5.91 Å². The molecule has 0 atom stereocenters. The first-order valence-corrected chi connectivity index (χ1v) is 7.77. The van der Waals surface area contributed by atoms with Crippen LogP contribution in [0.25, 0.3) is 0 Å². The maximum absolute atomic E-state index is 11.7. The molecular weight excluding hydrogens is 334 g/mol. The van der Waals surface area contributed by atoms with E-state index in [9.17, 15) is 9.90 Å². The van der Waals surface area contributed by atoms with Gasteiger partial charge in [-0.25, -0.2) is 5.43 Å². The quantitative estimate of drug-likeness (QED) is 0.431. The topological polar surface area (TPSA) is 111 Å². The normalized spacial score (nSPS) is 10.8. The molecule has 1 aromatic carbocycles. The highest BCUT2D eigenvalue weighted by Crippen LogP contribution is 2.36. The van der Waals surface area contributed by atoms with Crippen LogP contribution in [0.5, 0.6) is 17.2 Å². The number of ether oxygens (including phenoxy) is 2. The fraction of sp³-hybridized carbons (Fsp3) is 0.286. The van der Waals surface area contributed by atoms with Gasteiger partial charge in [-0.05, 0) is 12.1 Å². The Morgan fingerprint density at radius 1 is 1.42 bits per heavy atom. The summed E-state index contributed by atoms with van der Waals surface area (Å²) in [5.41, 5.74) is 3.01. The lowest BCUT2D eigenvalue weighted by atomic mass is 10.2. The van der Waals surface area contributed by atoms with E-state index < -0.39 is 0 Å². The van der Waals surface area contributed by atoms with Crippen molar-refractivity contribution in [3.8, 4) is 17.2 Å². The second-order valence-electron chi connectivity index (χ2n) is 4.58. The van der Waals surface area contributed by atoms with Crippen LogP contribution < -0.4 is 14.9 Å². The summed E-state index contributed by atoms with van der Waals surface area (Å²) in [7, 11) is 4.66. The third kappa shape index (κ3) is 4.38. The first-order valence-electron chi connectivity index (χ1n) is 6.78. The van der Waals surface area contributed by atoms with Crippen LogP contribution in [0.4, 0.5) is 0 Å². The maximum Gasteiger partial charge on any atom is 0.250 e. The van der Waals surface area contributed by atoms with E-state index in [0.717, 1.165) is 0 Å². The summed E-state index contributed by atoms with van der Waals surface area (Å²) >= 11 is 1.25. The number of aryl methyl sites for hydroxylation is 1. The number of nitrogens with zero attached hydrogens (tertiary/aromatic N) is 4. The van der Waals surface area contributed by atoms with Gasteiger partial charge in [-0.15, -0.1) is 10.2 Å². The fourth-order valence-electron chi connectivity index (χ4n) is 1.73. The van der Waals surface area contributed by atoms with Gasteiger partial charge in [0.15, 0.2) is 16.7 Å². The first-order chi connectivity index (χ1) is 11.5. The zero-order chi connectivity index (χ0) is 17.5. The summed E-state index contributed by atoms with van der Waals surface area (Å²) in [4.78, 5) is 11.7. The minimum Gasteiger partial charge on any atom is -0.502 e. The van der Waals surface area contributed by atoms with Crippen LogP contribution in [-0.4, -0.2) is 52.0 Å². The van der Waals surface area contributed by atoms with E-state index in [1.54, 1.807) is 30.1 Å². The molecule has 0 saturated heterocycles. The molecule has 0 fully saturated rings. The van der Waals surface area contributed by atoms with Gasteiger partial charge in [-0.3, -0.25) is 4.79 Å². The zero-order valence-electron chi connectivity index (χ0n) is 13.4. The summed E-state index contributed by atoms with van der Waals surface area (Å²) in [6.07, 6.45) is 2.99. The molecule has 0 aliphatic carbocycles. The number of amides is 1. The van der Waals surface area contributed by atoms with Crippen molar-refractivity contribution in [1.82, 2.24) is 20.2 Å². The third-order valence-corrected chi connectivity index (χ3v) is 3.94. The molecule has 0 saturated carbocycles. The van der Waals surface area contributed by atoms with Crippen molar-refractivity contribution in [3.63, 3.8) is 0 Å². The summed E-state index contributed by atoms with van der Waals surface area (Å²) in [6, 6.07) is 3.14. The molecule has 0 aliphatic heterocycles. The summed E-state index contributed by atoms with van der Waals surface area (Å²) in [5, 5.41) is 21.9. The Morgan fingerprint density at radius 2 is 2.08 bits per heavy atom. The summed E-state index contributed by atoms with van der Waals surface area (Å²) < 4.78 is 11.8. The van der Waals surface area contributed by atoms with Crippen molar-refractivity contribution >= 4 is 23.9 Å². The fourth-order valence-corrected chi connectivity index (χ4v) is 2.41. The standard InChI is InChI=1S/C14H17N5O4S/c1-19-8-16-18-14(19)24-7-12(20)17-15-6-9-4-10(22-2)13(21)11(5-9)23-3/h4-6,8,21H,7H2,1-3H3,(H,17,20)/b15-6-. The zero-order valence-corrected chi connectivity index (χ0v) is 14.2. The van der Waals surface area contributed by atoms with Crippen molar-refractivity contribution in [3.05, 3.63) is 24.0 Å². The molecule has 1 amide bonds. The van der Waals surface area contributed by atoms with Gasteiger partial charge >= 0.3 is 0 Å². The highest BCUT2D eigenvalue weighted by atomic mass is 32.2. The first kappa shape index (κ1) is 17.6. The molecule has 2 rings (SSSR count). The lowest BCUT2D eigenvalue weighted by molar-refractivity contribution is -0.118. The molecular formula is C14H17N5O4S. The smallest absolute Gasteiger partial charge is 0.250 e. The minimum atomic E-state index is -0.281. The third-order valence-electron chi connectivity index (χ3n) is 2.91. The van der Waals surface area contributed by atoms with E-state index in [2.05, 4.69) is 20.7 Å². The molecule has 0 spiro atoms. The largest absolute Gasteiger partial charge is 0.502 e. The van der Waals surface area contributed by atoms with E-state index in [4.69, 9.17) is 9.47 Å². The molecule has 0 aliphatic rings. The Balaban J connectivity index is 1.93. The average molecular weight is 351 g/mol. The van der Waals surface area contributed by atoms with Crippen LogP contribution in [0.3, 0.4) is 0 Å². The number of hydrogen-bond acceptors (Lipinski definition) is 8. The van der Waals surface area contributed by atoms with E-state index in [-0.39, 0.29) is 28.9 Å². The van der Waals surface area contributed by atoms with Crippen LogP contribution in [0.1, 0.15) is 5.56 Å². The Kier molecular flexibility index (Phi) is 6.01. The van der Waals surface area contributed by atoms with E-state index >= 15 is 0 Å². The highest BCUT2D eigenvalue weighted by molar-refractivity contribution is 7.99. The van der Waals surface area contributed by atoms with Gasteiger partial charge in [-0.2, -0.15) is 5.10 Å². The van der Waals surface area contributed by atoms with Crippen LogP contribution in [0.2, 0.25) is 0 Å². The molecule has 24 heavy (non-hydrogen) atoms. The minimum absolute atomic E-state index is 0.0961. The van der Waals surface area contributed by atoms with E-state index in [0.29, 0.717) is 10.7 Å². The van der Waals surface area contributed by atoms with E-state index in [1.165, 1.54) is 32.2 Å². The number of hydrogen-bond donors (Lipinski definition) is 2. The van der Waals surface area contributed by atoms with Crippen molar-refractivity contribution in [2.24, 2.45) is 12.1 Å². The number of benzene rings is 1. The van der Waals surface area contributed by atoms with Crippen LogP contribution in [0.15, 0.2) is 28.7 Å². The van der Waals surface area contributed by atoms with Gasteiger partial charge < -0.3 is 19.1 Å². The van der Waals surface area contributed by atoms with Gasteiger partial charge in [0.1, 0.15) is 6.33 Å². The van der Waals surface area contributed by atoms with Crippen molar-refractivity contribution in [1.29, 1.82) is 0 Å². The van der Waals surface area contributed by atoms with Gasteiger partial charge in [0.05, 0.1) is 26.2 Å². The molecule has 0 bridgehead atoms. The number of phenolic OH excluding ortho intramolecular Hbond substituents is 1. The molecule has 10 heteroatoms. The average Bonchev–Trinajstić information content (AvgIpc) is 2.99. The number of aromatic nitrogens is 3. The monoisotopic (exact) mass is 351 g/mol. The molecule has 2 aromatic rings. The number of carbonyl (C=O) groups is 1. The second kappa shape index (κ2) is 8.20. The molecule has 0 unspecified atom stereocenters. The lowest BCUT2D eigenvalue weighted by Crippen LogP contribution is -2.19. The summed E-state index contributed by atoms with van der Waals surface area (Å²) in [5.74, 6) is 0.282. The Morgan fingerprint density at radius 3 is 2.62 bits per heavy atom. The van der Waals surface area contributed by atoms with E-state index in [1.807, 2.05) is 0 Å². The molecule has 1 heterocycles. The Labute approximate surface area is 142 Å². The van der Waals surface area contributed by atoms with Crippen LogP contribution >= 0.6 is 11.8 Å². The number of nitrogens with one attached hydrogen (secondary N) is 1. The van der Waals surface area contributed by atoms with Crippen LogP contribution in [-0.2, 0) is 11.8 Å². The number of methoxy groups -OCH3 is 2. The molecule has 0 radical (unpaired) electrons. The molecule has 2 N–H and O–H groups in total. The van der Waals surface area contributed by atoms with Gasteiger partial charge in [0.2, 0.25) is 5.75 Å². The van der Waals surface area contributed by atoms with Crippen molar-refractivity contribution < 1.29 is 19.4 Å². The molecule has 1 aromatic heterocycles. The van der Waals surface area contributed by atoms with Crippen LogP contribution in [0, 0.1) is 0 Å². The molecule has 128 valence electrons. The highest BCUT2D eigenvalue weighted by Gasteiger charge is 2.10. The Bertz CT molecular complexity index is 722. The predicted molar refractivity (Wildman–Crippen MR) is 88.7 cm³/mol. The molecule has 9 nitrogen and oxygen atoms in total. The number of carbonyl (C=O) groups excluding carboxylic acids is 1. The second-order valence-corrected chi connectivity index (χ2v) is 5.52. The number of aromatic hydroxyl groups is 1. The van der Waals surface area contributed by atoms with Gasteiger partial charge in [0, 0.05) is 12.6 Å².